The van der Waals surface area contributed by atoms with Gasteiger partial charge in [-0.3, -0.25) is 30.4 Å². The Morgan fingerprint density at radius 2 is 2.07 bits per heavy atom. The van der Waals surface area contributed by atoms with Crippen LogP contribution in [0.25, 0.3) is 0 Å². The number of hydrogen-bond donors (Lipinski definition) is 6. The van der Waals surface area contributed by atoms with Crippen LogP contribution in [0.15, 0.2) is 0 Å². The molecule has 3 aliphatic rings. The largest absolute Gasteiger partial charge is 0.369 e. The van der Waals surface area contributed by atoms with Gasteiger partial charge in [0.1, 0.15) is 6.29 Å². The van der Waals surface area contributed by atoms with Crippen LogP contribution in [0.1, 0.15) is 38.5 Å². The number of carbonyl (C=O) groups is 1. The maximum Gasteiger partial charge on any atom is 0.224 e. The van der Waals surface area contributed by atoms with Crippen molar-refractivity contribution >= 4 is 15.6 Å². The molecule has 0 spiro atoms. The van der Waals surface area contributed by atoms with Crippen LogP contribution in [0, 0.1) is 10.7 Å². The summed E-state index contributed by atoms with van der Waals surface area (Å²) in [5.41, 5.74) is 11.8. The van der Waals surface area contributed by atoms with Gasteiger partial charge in [0, 0.05) is 53.0 Å². The number of likely N-dealkylation sites (tertiary alicyclic amines) is 1. The fourth-order valence-electron chi connectivity index (χ4n) is 4.60. The molecule has 2 heterocycles. The highest BCUT2D eigenvalue weighted by Crippen LogP contribution is 2.25. The maximum absolute atomic E-state index is 12.2. The van der Waals surface area contributed by atoms with Crippen LogP contribution in [0.4, 0.5) is 0 Å². The summed E-state index contributed by atoms with van der Waals surface area (Å²) in [5, 5.41) is 10.4. The van der Waals surface area contributed by atoms with Gasteiger partial charge in [0.25, 0.3) is 0 Å². The fourth-order valence-corrected chi connectivity index (χ4v) is 5.81. The van der Waals surface area contributed by atoms with Crippen LogP contribution >= 0.6 is 0 Å². The smallest absolute Gasteiger partial charge is 0.224 e. The highest BCUT2D eigenvalue weighted by molar-refractivity contribution is 7.92. The molecule has 8 N–H and O–H groups in total. The second-order valence-electron chi connectivity index (χ2n) is 8.42. The quantitative estimate of drug-likeness (QED) is 0.342. The molecular formula is C17H35N7O2S. The Morgan fingerprint density at radius 1 is 1.30 bits per heavy atom. The van der Waals surface area contributed by atoms with Crippen molar-refractivity contribution in [3.63, 3.8) is 0 Å². The number of primary amides is 1. The molecule has 27 heavy (non-hydrogen) atoms. The van der Waals surface area contributed by atoms with Crippen LogP contribution < -0.4 is 27.4 Å². The zero-order chi connectivity index (χ0) is 19.6. The molecule has 3 rings (SSSR count). The summed E-state index contributed by atoms with van der Waals surface area (Å²) < 4.78 is 20.1. The summed E-state index contributed by atoms with van der Waals surface area (Å²) in [5.74, 6) is -0.699. The highest BCUT2D eigenvalue weighted by Gasteiger charge is 2.38. The first-order valence-corrected chi connectivity index (χ1v) is 12.0. The number of nitrogens with two attached hydrogens (primary N) is 2. The van der Waals surface area contributed by atoms with Crippen molar-refractivity contribution in [2.45, 2.75) is 68.3 Å². The van der Waals surface area contributed by atoms with E-state index in [1.54, 1.807) is 0 Å². The number of hydrogen-bond acceptors (Lipinski definition) is 8. The molecule has 9 nitrogen and oxygen atoms in total. The van der Waals surface area contributed by atoms with Gasteiger partial charge in [-0.1, -0.05) is 6.42 Å². The zero-order valence-corrected chi connectivity index (χ0v) is 17.0. The van der Waals surface area contributed by atoms with Crippen molar-refractivity contribution in [2.75, 3.05) is 25.9 Å². The second-order valence-corrected chi connectivity index (χ2v) is 10.9. The van der Waals surface area contributed by atoms with Crippen LogP contribution in [0.3, 0.4) is 0 Å². The minimum atomic E-state index is -2.55. The molecule has 3 fully saturated rings. The average molecular weight is 402 g/mol. The minimum Gasteiger partial charge on any atom is -0.369 e. The molecule has 7 atom stereocenters. The Balaban J connectivity index is 1.65. The lowest BCUT2D eigenvalue weighted by molar-refractivity contribution is -0.124. The van der Waals surface area contributed by atoms with E-state index >= 15 is 0 Å². The third-order valence-corrected chi connectivity index (χ3v) is 7.87. The van der Waals surface area contributed by atoms with Gasteiger partial charge in [-0.25, -0.2) is 4.21 Å². The lowest BCUT2D eigenvalue weighted by Gasteiger charge is -2.46. The first-order chi connectivity index (χ1) is 12.7. The average Bonchev–Trinajstić information content (AvgIpc) is 2.61. The van der Waals surface area contributed by atoms with Gasteiger partial charge in [0.2, 0.25) is 5.91 Å². The van der Waals surface area contributed by atoms with Crippen molar-refractivity contribution in [1.82, 2.24) is 20.9 Å². The van der Waals surface area contributed by atoms with E-state index in [1.807, 2.05) is 0 Å². The van der Waals surface area contributed by atoms with Gasteiger partial charge in [-0.05, 0) is 32.1 Å². The van der Waals surface area contributed by atoms with Crippen LogP contribution in [0.2, 0.25) is 0 Å². The molecule has 6 unspecified atom stereocenters. The number of nitrogens with one attached hydrogen (secondary N) is 4. The van der Waals surface area contributed by atoms with E-state index in [2.05, 4.69) is 20.9 Å². The predicted molar refractivity (Wildman–Crippen MR) is 106 cm³/mol. The van der Waals surface area contributed by atoms with Crippen molar-refractivity contribution < 1.29 is 9.00 Å². The number of nitrogens with zero attached hydrogens (tertiary/aromatic N) is 1. The standard InChI is InChI=1S/C17H35N7O2S/c1-27(20,26)13-6-2-5-12(8-13)22-16-14(15(19)25)9-21-17(23-16)24-7-3-4-11(18)10-24/h11-14,16-17,20-23H,2-10,18H2,1H3,(H2,19,25)/t11-,12?,13?,14?,16?,17?,27?/m0/s1. The Labute approximate surface area is 162 Å². The van der Waals surface area contributed by atoms with Gasteiger partial charge in [0.05, 0.1) is 12.1 Å². The van der Waals surface area contributed by atoms with Gasteiger partial charge in [-0.2, -0.15) is 0 Å². The Morgan fingerprint density at radius 3 is 2.74 bits per heavy atom. The summed E-state index contributed by atoms with van der Waals surface area (Å²) in [6, 6.07) is 0.313. The van der Waals surface area contributed by atoms with Crippen LogP contribution in [0.5, 0.6) is 0 Å². The van der Waals surface area contributed by atoms with Crippen molar-refractivity contribution in [3.05, 3.63) is 0 Å². The molecule has 0 aromatic heterocycles. The summed E-state index contributed by atoms with van der Waals surface area (Å²) >= 11 is 0. The third-order valence-electron chi connectivity index (χ3n) is 6.17. The van der Waals surface area contributed by atoms with Crippen molar-refractivity contribution in [3.8, 4) is 0 Å². The van der Waals surface area contributed by atoms with Crippen molar-refractivity contribution in [2.24, 2.45) is 17.4 Å². The SMILES string of the molecule is CS(=N)(=O)C1CCCC(NC2NC(N3CCC[C@H](N)C3)NCC2C(N)=O)C1. The summed E-state index contributed by atoms with van der Waals surface area (Å²) in [6.45, 7) is 2.30. The van der Waals surface area contributed by atoms with Gasteiger partial charge in [0.15, 0.2) is 0 Å². The topological polar surface area (TPSA) is 149 Å². The van der Waals surface area contributed by atoms with E-state index in [0.29, 0.717) is 13.0 Å². The molecule has 2 aliphatic heterocycles. The Bertz CT molecular complexity index is 629. The van der Waals surface area contributed by atoms with Gasteiger partial charge in [-0.15, -0.1) is 0 Å². The first-order valence-electron chi connectivity index (χ1n) is 10.0. The van der Waals surface area contributed by atoms with E-state index in [9.17, 15) is 9.00 Å². The van der Waals surface area contributed by atoms with Crippen LogP contribution in [-0.2, 0) is 14.5 Å². The highest BCUT2D eigenvalue weighted by atomic mass is 32.2. The Hall–Kier alpha value is -0.780. The van der Waals surface area contributed by atoms with Crippen molar-refractivity contribution in [1.29, 1.82) is 4.78 Å². The monoisotopic (exact) mass is 401 g/mol. The summed E-state index contributed by atoms with van der Waals surface area (Å²) in [6.07, 6.45) is 6.80. The summed E-state index contributed by atoms with van der Waals surface area (Å²) in [7, 11) is -2.55. The van der Waals surface area contributed by atoms with E-state index in [1.165, 1.54) is 6.26 Å². The molecule has 10 heteroatoms. The second kappa shape index (κ2) is 8.71. The third kappa shape index (κ3) is 5.39. The number of amides is 1. The zero-order valence-electron chi connectivity index (χ0n) is 16.2. The Kier molecular flexibility index (Phi) is 6.75. The maximum atomic E-state index is 12.2. The van der Waals surface area contributed by atoms with Gasteiger partial charge >= 0.3 is 0 Å². The van der Waals surface area contributed by atoms with Crippen LogP contribution in [-0.4, -0.2) is 70.7 Å². The molecule has 0 bridgehead atoms. The molecular weight excluding hydrogens is 366 g/mol. The molecule has 0 aromatic carbocycles. The number of piperidine rings is 1. The molecule has 0 aromatic rings. The lowest BCUT2D eigenvalue weighted by Crippen LogP contribution is -2.72. The molecule has 1 saturated carbocycles. The fraction of sp³-hybridized carbons (Fsp3) is 0.941. The predicted octanol–water partition coefficient (Wildman–Crippen LogP) is -1.11. The molecule has 2 saturated heterocycles. The van der Waals surface area contributed by atoms with E-state index in [0.717, 1.165) is 45.2 Å². The minimum absolute atomic E-state index is 0.0459. The number of carbonyl (C=O) groups excluding carboxylic acids is 1. The molecule has 156 valence electrons. The molecule has 0 radical (unpaired) electrons. The lowest BCUT2D eigenvalue weighted by atomic mass is 9.93. The van der Waals surface area contributed by atoms with Gasteiger partial charge < -0.3 is 11.5 Å². The van der Waals surface area contributed by atoms with E-state index in [4.69, 9.17) is 16.2 Å². The molecule has 1 aliphatic carbocycles. The van der Waals surface area contributed by atoms with E-state index < -0.39 is 9.73 Å². The molecule has 1 amide bonds. The van der Waals surface area contributed by atoms with E-state index in [-0.39, 0.29) is 41.6 Å². The normalized spacial score (nSPS) is 41.0. The number of rotatable bonds is 5. The first kappa shape index (κ1) is 20.9. The summed E-state index contributed by atoms with van der Waals surface area (Å²) in [4.78, 5) is 14.2.